The molecule has 0 aromatic carbocycles. The van der Waals surface area contributed by atoms with Crippen LogP contribution in [0.2, 0.25) is 0 Å². The molecule has 1 N–H and O–H groups in total. The molecule has 0 bridgehead atoms. The fraction of sp³-hybridized carbons (Fsp3) is 0.600. The molecule has 0 radical (unpaired) electrons. The van der Waals surface area contributed by atoms with Crippen LogP contribution in [0.4, 0.5) is 0 Å². The van der Waals surface area contributed by atoms with Gasteiger partial charge in [-0.05, 0) is 13.0 Å². The van der Waals surface area contributed by atoms with E-state index in [0.717, 1.165) is 19.5 Å². The molecule has 0 saturated heterocycles. The minimum atomic E-state index is 0.354. The summed E-state index contributed by atoms with van der Waals surface area (Å²) in [6, 6.07) is 2.04. The van der Waals surface area contributed by atoms with Gasteiger partial charge in [-0.1, -0.05) is 6.92 Å². The van der Waals surface area contributed by atoms with Crippen molar-refractivity contribution in [1.82, 2.24) is 15.3 Å². The fourth-order valence-electron chi connectivity index (χ4n) is 1.02. The lowest BCUT2D eigenvalue weighted by atomic mass is 10.5. The van der Waals surface area contributed by atoms with Crippen LogP contribution in [0.5, 0.6) is 11.9 Å². The van der Waals surface area contributed by atoms with Crippen LogP contribution >= 0.6 is 0 Å². The standard InChI is InChI=1S/C10H17N3O2/c1-3-5-11-7-8-15-10-12-6-4-9(13-10)14-2/h4,6,11H,3,5,7-8H2,1-2H3. The molecule has 0 unspecified atom stereocenters. The number of rotatable bonds is 7. The maximum absolute atomic E-state index is 5.33. The van der Waals surface area contributed by atoms with E-state index in [1.807, 2.05) is 0 Å². The Labute approximate surface area is 89.8 Å². The summed E-state index contributed by atoms with van der Waals surface area (Å²) in [5, 5.41) is 3.22. The molecule has 1 rings (SSSR count). The highest BCUT2D eigenvalue weighted by Gasteiger charge is 1.98. The summed E-state index contributed by atoms with van der Waals surface area (Å²) in [5.74, 6) is 0.515. The molecule has 84 valence electrons. The van der Waals surface area contributed by atoms with Crippen molar-refractivity contribution in [2.24, 2.45) is 0 Å². The average Bonchev–Trinajstić information content (AvgIpc) is 2.29. The zero-order chi connectivity index (χ0) is 10.9. The Hall–Kier alpha value is -1.36. The van der Waals surface area contributed by atoms with Gasteiger partial charge in [0.2, 0.25) is 5.88 Å². The number of hydrogen-bond donors (Lipinski definition) is 1. The molecule has 5 nitrogen and oxygen atoms in total. The Morgan fingerprint density at radius 2 is 2.27 bits per heavy atom. The van der Waals surface area contributed by atoms with Gasteiger partial charge in [0.05, 0.1) is 7.11 Å². The third-order valence-corrected chi connectivity index (χ3v) is 1.75. The summed E-state index contributed by atoms with van der Waals surface area (Å²) < 4.78 is 10.3. The number of methoxy groups -OCH3 is 1. The molecule has 1 heterocycles. The van der Waals surface area contributed by atoms with Crippen molar-refractivity contribution in [2.45, 2.75) is 13.3 Å². The third kappa shape index (κ3) is 4.60. The van der Waals surface area contributed by atoms with Crippen molar-refractivity contribution in [3.8, 4) is 11.9 Å². The highest BCUT2D eigenvalue weighted by molar-refractivity contribution is 5.10. The van der Waals surface area contributed by atoms with Crippen molar-refractivity contribution in [1.29, 1.82) is 0 Å². The van der Waals surface area contributed by atoms with Crippen molar-refractivity contribution >= 4 is 0 Å². The molecule has 0 aliphatic rings. The van der Waals surface area contributed by atoms with Gasteiger partial charge in [0.15, 0.2) is 0 Å². The number of hydrogen-bond acceptors (Lipinski definition) is 5. The van der Waals surface area contributed by atoms with Gasteiger partial charge in [0.25, 0.3) is 0 Å². The van der Waals surface area contributed by atoms with Crippen LogP contribution in [0.25, 0.3) is 0 Å². The minimum absolute atomic E-state index is 0.354. The van der Waals surface area contributed by atoms with E-state index in [2.05, 4.69) is 22.2 Å². The normalized spacial score (nSPS) is 10.0. The highest BCUT2D eigenvalue weighted by Crippen LogP contribution is 2.08. The molecule has 0 aliphatic heterocycles. The Morgan fingerprint density at radius 3 is 3.00 bits per heavy atom. The molecule has 0 amide bonds. The molecule has 0 saturated carbocycles. The monoisotopic (exact) mass is 211 g/mol. The zero-order valence-electron chi connectivity index (χ0n) is 9.19. The average molecular weight is 211 g/mol. The molecule has 0 fully saturated rings. The van der Waals surface area contributed by atoms with Gasteiger partial charge >= 0.3 is 6.01 Å². The van der Waals surface area contributed by atoms with Crippen molar-refractivity contribution < 1.29 is 9.47 Å². The minimum Gasteiger partial charge on any atom is -0.481 e. The predicted octanol–water partition coefficient (Wildman–Crippen LogP) is 0.864. The van der Waals surface area contributed by atoms with Crippen LogP contribution in [0.15, 0.2) is 12.3 Å². The van der Waals surface area contributed by atoms with Crippen LogP contribution in [0.1, 0.15) is 13.3 Å². The Bertz CT molecular complexity index is 281. The van der Waals surface area contributed by atoms with Gasteiger partial charge in [-0.15, -0.1) is 0 Å². The first-order chi connectivity index (χ1) is 7.36. The molecular weight excluding hydrogens is 194 g/mol. The molecule has 1 aromatic heterocycles. The van der Waals surface area contributed by atoms with Crippen molar-refractivity contribution in [3.63, 3.8) is 0 Å². The number of aromatic nitrogens is 2. The summed E-state index contributed by atoms with van der Waals surface area (Å²) >= 11 is 0. The van der Waals surface area contributed by atoms with Gasteiger partial charge in [-0.25, -0.2) is 4.98 Å². The van der Waals surface area contributed by atoms with E-state index in [1.54, 1.807) is 19.4 Å². The van der Waals surface area contributed by atoms with Crippen LogP contribution in [0, 0.1) is 0 Å². The lowest BCUT2D eigenvalue weighted by Gasteiger charge is -2.05. The van der Waals surface area contributed by atoms with Crippen LogP contribution < -0.4 is 14.8 Å². The molecule has 1 aromatic rings. The molecular formula is C10H17N3O2. The maximum Gasteiger partial charge on any atom is 0.319 e. The number of ether oxygens (including phenoxy) is 2. The van der Waals surface area contributed by atoms with E-state index >= 15 is 0 Å². The van der Waals surface area contributed by atoms with Crippen molar-refractivity contribution in [3.05, 3.63) is 12.3 Å². The first-order valence-corrected chi connectivity index (χ1v) is 5.07. The second kappa shape index (κ2) is 7.00. The molecule has 5 heteroatoms. The number of nitrogens with zero attached hydrogens (tertiary/aromatic N) is 2. The molecule has 0 aliphatic carbocycles. The maximum atomic E-state index is 5.33. The second-order valence-electron chi connectivity index (χ2n) is 2.98. The summed E-state index contributed by atoms with van der Waals surface area (Å²) in [5.41, 5.74) is 0. The zero-order valence-corrected chi connectivity index (χ0v) is 9.19. The first kappa shape index (κ1) is 11.7. The summed E-state index contributed by atoms with van der Waals surface area (Å²) in [6.45, 7) is 4.49. The summed E-state index contributed by atoms with van der Waals surface area (Å²) in [4.78, 5) is 7.99. The van der Waals surface area contributed by atoms with Gasteiger partial charge in [0, 0.05) is 18.8 Å². The topological polar surface area (TPSA) is 56.3 Å². The number of nitrogens with one attached hydrogen (secondary N) is 1. The Morgan fingerprint density at radius 1 is 1.40 bits per heavy atom. The lowest BCUT2D eigenvalue weighted by Crippen LogP contribution is -2.22. The van der Waals surface area contributed by atoms with Crippen LogP contribution in [-0.4, -0.2) is 36.8 Å². The van der Waals surface area contributed by atoms with E-state index in [1.165, 1.54) is 0 Å². The summed E-state index contributed by atoms with van der Waals surface area (Å²) in [6.07, 6.45) is 2.73. The largest absolute Gasteiger partial charge is 0.481 e. The second-order valence-corrected chi connectivity index (χ2v) is 2.98. The fourth-order valence-corrected chi connectivity index (χ4v) is 1.02. The van der Waals surface area contributed by atoms with E-state index in [0.29, 0.717) is 18.5 Å². The van der Waals surface area contributed by atoms with E-state index < -0.39 is 0 Å². The molecule has 0 atom stereocenters. The Kier molecular flexibility index (Phi) is 5.47. The lowest BCUT2D eigenvalue weighted by molar-refractivity contribution is 0.283. The third-order valence-electron chi connectivity index (χ3n) is 1.75. The van der Waals surface area contributed by atoms with Crippen LogP contribution in [0.3, 0.4) is 0 Å². The van der Waals surface area contributed by atoms with E-state index in [4.69, 9.17) is 9.47 Å². The first-order valence-electron chi connectivity index (χ1n) is 5.07. The van der Waals surface area contributed by atoms with Crippen molar-refractivity contribution in [2.75, 3.05) is 26.8 Å². The van der Waals surface area contributed by atoms with Gasteiger partial charge in [-0.3, -0.25) is 0 Å². The predicted molar refractivity (Wildman–Crippen MR) is 57.2 cm³/mol. The molecule has 15 heavy (non-hydrogen) atoms. The smallest absolute Gasteiger partial charge is 0.319 e. The van der Waals surface area contributed by atoms with Gasteiger partial charge < -0.3 is 14.8 Å². The quantitative estimate of drug-likeness (QED) is 0.678. The van der Waals surface area contributed by atoms with Gasteiger partial charge in [-0.2, -0.15) is 4.98 Å². The van der Waals surface area contributed by atoms with E-state index in [-0.39, 0.29) is 0 Å². The highest BCUT2D eigenvalue weighted by atomic mass is 16.5. The van der Waals surface area contributed by atoms with Gasteiger partial charge in [0.1, 0.15) is 6.61 Å². The van der Waals surface area contributed by atoms with E-state index in [9.17, 15) is 0 Å². The molecule has 0 spiro atoms. The Balaban J connectivity index is 2.24. The summed E-state index contributed by atoms with van der Waals surface area (Å²) in [7, 11) is 1.56. The SMILES string of the molecule is CCCNCCOc1nccc(OC)n1. The van der Waals surface area contributed by atoms with Crippen LogP contribution in [-0.2, 0) is 0 Å².